The summed E-state index contributed by atoms with van der Waals surface area (Å²) in [6.45, 7) is 4.05. The van der Waals surface area contributed by atoms with Gasteiger partial charge in [-0.3, -0.25) is 4.79 Å². The van der Waals surface area contributed by atoms with Gasteiger partial charge in [0.05, 0.1) is 7.11 Å². The molecule has 0 fully saturated rings. The molecule has 1 aromatic heterocycles. The van der Waals surface area contributed by atoms with E-state index in [1.807, 2.05) is 38.1 Å². The van der Waals surface area contributed by atoms with Crippen LogP contribution >= 0.6 is 0 Å². The van der Waals surface area contributed by atoms with Crippen molar-refractivity contribution >= 4 is 23.2 Å². The third-order valence-electron chi connectivity index (χ3n) is 3.69. The quantitative estimate of drug-likeness (QED) is 0.726. The number of aryl methyl sites for hydroxylation is 2. The highest BCUT2D eigenvalue weighted by Gasteiger charge is 2.10. The molecule has 3 rings (SSSR count). The average molecular weight is 348 g/mol. The molecule has 0 aliphatic rings. The second kappa shape index (κ2) is 7.65. The largest absolute Gasteiger partial charge is 0.497 e. The summed E-state index contributed by atoms with van der Waals surface area (Å²) in [5, 5.41) is 5.95. The standard InChI is InChI=1S/C20H20N4O2/c1-13-9-14(2)11-16(10-13)23-20-21-8-7-18(24-20)19(25)22-15-5-4-6-17(12-15)26-3/h4-12H,1-3H3,(H,22,25)(H,21,23,24). The van der Waals surface area contributed by atoms with E-state index in [4.69, 9.17) is 4.74 Å². The normalized spacial score (nSPS) is 10.3. The first-order valence-corrected chi connectivity index (χ1v) is 8.17. The van der Waals surface area contributed by atoms with Gasteiger partial charge in [0.25, 0.3) is 5.91 Å². The summed E-state index contributed by atoms with van der Waals surface area (Å²) < 4.78 is 5.16. The van der Waals surface area contributed by atoms with Crippen LogP contribution in [0.2, 0.25) is 0 Å². The molecule has 2 aromatic carbocycles. The number of nitrogens with zero attached hydrogens (tertiary/aromatic N) is 2. The van der Waals surface area contributed by atoms with Gasteiger partial charge in [-0.1, -0.05) is 12.1 Å². The predicted molar refractivity (Wildman–Crippen MR) is 102 cm³/mol. The number of hydrogen-bond donors (Lipinski definition) is 2. The van der Waals surface area contributed by atoms with Gasteiger partial charge >= 0.3 is 0 Å². The van der Waals surface area contributed by atoms with Crippen molar-refractivity contribution in [2.24, 2.45) is 0 Å². The van der Waals surface area contributed by atoms with Crippen molar-refractivity contribution in [2.45, 2.75) is 13.8 Å². The van der Waals surface area contributed by atoms with Crippen molar-refractivity contribution in [3.05, 3.63) is 71.5 Å². The highest BCUT2D eigenvalue weighted by molar-refractivity contribution is 6.03. The predicted octanol–water partition coefficient (Wildman–Crippen LogP) is 4.10. The van der Waals surface area contributed by atoms with Crippen LogP contribution in [0.5, 0.6) is 5.75 Å². The molecule has 1 heterocycles. The fourth-order valence-corrected chi connectivity index (χ4v) is 2.62. The van der Waals surface area contributed by atoms with E-state index in [1.54, 1.807) is 31.5 Å². The molecule has 0 atom stereocenters. The lowest BCUT2D eigenvalue weighted by Crippen LogP contribution is -2.14. The molecule has 0 aliphatic heterocycles. The van der Waals surface area contributed by atoms with Crippen LogP contribution in [0.4, 0.5) is 17.3 Å². The molecule has 0 aliphatic carbocycles. The monoisotopic (exact) mass is 348 g/mol. The molecule has 0 spiro atoms. The highest BCUT2D eigenvalue weighted by Crippen LogP contribution is 2.19. The molecule has 0 saturated carbocycles. The Morgan fingerprint density at radius 2 is 1.77 bits per heavy atom. The topological polar surface area (TPSA) is 76.1 Å². The fraction of sp³-hybridized carbons (Fsp3) is 0.150. The van der Waals surface area contributed by atoms with Crippen LogP contribution in [0.25, 0.3) is 0 Å². The maximum Gasteiger partial charge on any atom is 0.274 e. The third-order valence-corrected chi connectivity index (χ3v) is 3.69. The molecule has 0 radical (unpaired) electrons. The van der Waals surface area contributed by atoms with E-state index in [0.29, 0.717) is 17.4 Å². The Bertz CT molecular complexity index is 920. The molecular weight excluding hydrogens is 328 g/mol. The van der Waals surface area contributed by atoms with Crippen LogP contribution in [-0.4, -0.2) is 23.0 Å². The zero-order valence-electron chi connectivity index (χ0n) is 14.9. The van der Waals surface area contributed by atoms with E-state index in [9.17, 15) is 4.79 Å². The summed E-state index contributed by atoms with van der Waals surface area (Å²) in [6, 6.07) is 14.8. The van der Waals surface area contributed by atoms with Crippen molar-refractivity contribution in [3.63, 3.8) is 0 Å². The van der Waals surface area contributed by atoms with Crippen LogP contribution in [0, 0.1) is 13.8 Å². The number of anilines is 3. The van der Waals surface area contributed by atoms with Gasteiger partial charge in [-0.15, -0.1) is 0 Å². The number of carbonyl (C=O) groups is 1. The fourth-order valence-electron chi connectivity index (χ4n) is 2.62. The van der Waals surface area contributed by atoms with Crippen LogP contribution < -0.4 is 15.4 Å². The number of rotatable bonds is 5. The minimum atomic E-state index is -0.316. The number of ether oxygens (including phenoxy) is 1. The van der Waals surface area contributed by atoms with Crippen molar-refractivity contribution in [1.29, 1.82) is 0 Å². The first-order chi connectivity index (χ1) is 12.5. The Balaban J connectivity index is 1.76. The number of methoxy groups -OCH3 is 1. The Hall–Kier alpha value is -3.41. The van der Waals surface area contributed by atoms with Gasteiger partial charge < -0.3 is 15.4 Å². The van der Waals surface area contributed by atoms with E-state index in [1.165, 1.54) is 0 Å². The molecule has 132 valence electrons. The minimum Gasteiger partial charge on any atom is -0.497 e. The highest BCUT2D eigenvalue weighted by atomic mass is 16.5. The summed E-state index contributed by atoms with van der Waals surface area (Å²) in [7, 11) is 1.58. The maximum atomic E-state index is 12.5. The number of nitrogens with one attached hydrogen (secondary N) is 2. The third kappa shape index (κ3) is 4.36. The summed E-state index contributed by atoms with van der Waals surface area (Å²) in [6.07, 6.45) is 1.55. The molecule has 1 amide bonds. The van der Waals surface area contributed by atoms with Crippen molar-refractivity contribution < 1.29 is 9.53 Å². The molecule has 26 heavy (non-hydrogen) atoms. The summed E-state index contributed by atoms with van der Waals surface area (Å²) >= 11 is 0. The Morgan fingerprint density at radius 3 is 2.50 bits per heavy atom. The van der Waals surface area contributed by atoms with Crippen LogP contribution in [0.15, 0.2) is 54.7 Å². The number of aromatic nitrogens is 2. The summed E-state index contributed by atoms with van der Waals surface area (Å²) in [4.78, 5) is 20.9. The lowest BCUT2D eigenvalue weighted by atomic mass is 10.1. The molecule has 0 saturated heterocycles. The molecular formula is C20H20N4O2. The SMILES string of the molecule is COc1cccc(NC(=O)c2ccnc(Nc3cc(C)cc(C)c3)n2)c1. The molecule has 6 nitrogen and oxygen atoms in total. The van der Waals surface area contributed by atoms with Crippen LogP contribution in [0.3, 0.4) is 0 Å². The minimum absolute atomic E-state index is 0.273. The van der Waals surface area contributed by atoms with E-state index in [-0.39, 0.29) is 11.6 Å². The lowest BCUT2D eigenvalue weighted by Gasteiger charge is -2.09. The van der Waals surface area contributed by atoms with Gasteiger partial charge in [0.1, 0.15) is 11.4 Å². The number of hydrogen-bond acceptors (Lipinski definition) is 5. The molecule has 2 N–H and O–H groups in total. The molecule has 6 heteroatoms. The van der Waals surface area contributed by atoms with Crippen LogP contribution in [-0.2, 0) is 0 Å². The average Bonchev–Trinajstić information content (AvgIpc) is 2.61. The Labute approximate surface area is 152 Å². The van der Waals surface area contributed by atoms with Gasteiger partial charge in [-0.25, -0.2) is 9.97 Å². The van der Waals surface area contributed by atoms with Gasteiger partial charge in [0.2, 0.25) is 5.95 Å². The van der Waals surface area contributed by atoms with Crippen molar-refractivity contribution in [1.82, 2.24) is 9.97 Å². The zero-order chi connectivity index (χ0) is 18.5. The van der Waals surface area contributed by atoms with Gasteiger partial charge in [0, 0.05) is 23.6 Å². The van der Waals surface area contributed by atoms with E-state index < -0.39 is 0 Å². The number of benzene rings is 2. The number of carbonyl (C=O) groups excluding carboxylic acids is 1. The smallest absolute Gasteiger partial charge is 0.274 e. The summed E-state index contributed by atoms with van der Waals surface area (Å²) in [5.74, 6) is 0.722. The van der Waals surface area contributed by atoms with Crippen LogP contribution in [0.1, 0.15) is 21.6 Å². The molecule has 3 aromatic rings. The van der Waals surface area contributed by atoms with E-state index in [2.05, 4.69) is 26.7 Å². The first-order valence-electron chi connectivity index (χ1n) is 8.17. The lowest BCUT2D eigenvalue weighted by molar-refractivity contribution is 0.102. The van der Waals surface area contributed by atoms with Gasteiger partial charge in [0.15, 0.2) is 0 Å². The van der Waals surface area contributed by atoms with E-state index in [0.717, 1.165) is 16.8 Å². The van der Waals surface area contributed by atoms with Crippen molar-refractivity contribution in [2.75, 3.05) is 17.7 Å². The second-order valence-corrected chi connectivity index (χ2v) is 5.95. The van der Waals surface area contributed by atoms with Gasteiger partial charge in [-0.05, 0) is 55.3 Å². The van der Waals surface area contributed by atoms with Crippen molar-refractivity contribution in [3.8, 4) is 5.75 Å². The maximum absolute atomic E-state index is 12.5. The Morgan fingerprint density at radius 1 is 1.00 bits per heavy atom. The first kappa shape index (κ1) is 17.4. The molecule has 0 unspecified atom stereocenters. The molecule has 0 bridgehead atoms. The van der Waals surface area contributed by atoms with E-state index >= 15 is 0 Å². The Kier molecular flexibility index (Phi) is 5.12. The number of amides is 1. The summed E-state index contributed by atoms with van der Waals surface area (Å²) in [5.41, 5.74) is 4.07. The van der Waals surface area contributed by atoms with Gasteiger partial charge in [-0.2, -0.15) is 0 Å². The zero-order valence-corrected chi connectivity index (χ0v) is 14.9. The second-order valence-electron chi connectivity index (χ2n) is 5.95.